The third-order valence-electron chi connectivity index (χ3n) is 9.96. The van der Waals surface area contributed by atoms with Crippen LogP contribution in [0.1, 0.15) is 59.5 Å². The highest BCUT2D eigenvalue weighted by molar-refractivity contribution is 6.36. The number of pyridine rings is 1. The van der Waals surface area contributed by atoms with Gasteiger partial charge in [-0.25, -0.2) is 4.98 Å². The molecule has 0 bridgehead atoms. The van der Waals surface area contributed by atoms with Crippen LogP contribution in [0, 0.1) is 0 Å². The van der Waals surface area contributed by atoms with Gasteiger partial charge in [-0.1, -0.05) is 54.1 Å². The van der Waals surface area contributed by atoms with Crippen LogP contribution in [0.25, 0.3) is 22.4 Å². The molecular weight excluding hydrogens is 723 g/mol. The third-order valence-corrected chi connectivity index (χ3v) is 10.4. The van der Waals surface area contributed by atoms with E-state index in [1.165, 1.54) is 13.2 Å². The van der Waals surface area contributed by atoms with Gasteiger partial charge in [0.2, 0.25) is 11.8 Å². The molecule has 14 heteroatoms. The average Bonchev–Trinajstić information content (AvgIpc) is 3.76. The first kappa shape index (κ1) is 38.9. The van der Waals surface area contributed by atoms with Crippen LogP contribution in [0.4, 0.5) is 18.9 Å². The molecule has 0 radical (unpaired) electrons. The van der Waals surface area contributed by atoms with E-state index in [1.54, 1.807) is 19.1 Å². The van der Waals surface area contributed by atoms with Crippen LogP contribution in [0.15, 0.2) is 60.7 Å². The van der Waals surface area contributed by atoms with Crippen molar-refractivity contribution in [3.05, 3.63) is 93.5 Å². The number of ether oxygens (including phenoxy) is 2. The number of benzene rings is 3. The molecule has 3 aromatic carbocycles. The maximum absolute atomic E-state index is 14.5. The Balaban J connectivity index is 1.24. The summed E-state index contributed by atoms with van der Waals surface area (Å²) in [6, 6.07) is 17.5. The molecule has 2 atom stereocenters. The number of carbonyl (C=O) groups is 2. The largest absolute Gasteiger partial charge is 0.496 e. The lowest BCUT2D eigenvalue weighted by Crippen LogP contribution is -2.35. The van der Waals surface area contributed by atoms with Gasteiger partial charge in [0, 0.05) is 67.0 Å². The number of carboxylic acids is 1. The fraction of sp³-hybridized carbons (Fsp3) is 0.375. The molecule has 1 aromatic heterocycles. The number of hydrogen-bond acceptors (Lipinski definition) is 8. The fourth-order valence-electron chi connectivity index (χ4n) is 7.27. The Morgan fingerprint density at radius 1 is 1.02 bits per heavy atom. The van der Waals surface area contributed by atoms with Crippen LogP contribution >= 0.6 is 11.6 Å². The van der Waals surface area contributed by atoms with E-state index in [4.69, 9.17) is 31.2 Å². The standard InChI is InChI=1S/C40H43ClF3N5O5/c1-49(17-16-37(51)52)22-24-18-31(40(42,43)44)34(19-35(24)53-2)47-32-14-12-27-26(6-4-7-28(27)32)29-8-5-9-30(38(29)41)33-13-10-23(39(48-33)54-3)20-45-21-25-11-15-36(50)46-25/h4-10,13,18-19,25,32,45,47H,11-12,14-17,20-22H2,1-3H3,(H,46,50)(H,51,52)/t25-,32-/m0/s1. The monoisotopic (exact) mass is 765 g/mol. The van der Waals surface area contributed by atoms with Crippen LogP contribution in [0.3, 0.4) is 0 Å². The molecule has 1 fully saturated rings. The number of nitrogens with one attached hydrogen (secondary N) is 3. The lowest BCUT2D eigenvalue weighted by Gasteiger charge is -2.24. The van der Waals surface area contributed by atoms with Crippen molar-refractivity contribution in [1.29, 1.82) is 0 Å². The molecule has 0 saturated carbocycles. The second-order valence-corrected chi connectivity index (χ2v) is 14.0. The van der Waals surface area contributed by atoms with Gasteiger partial charge in [0.25, 0.3) is 0 Å². The van der Waals surface area contributed by atoms with Gasteiger partial charge in [-0.3, -0.25) is 9.59 Å². The normalized spacial score (nSPS) is 16.7. The summed E-state index contributed by atoms with van der Waals surface area (Å²) in [5.41, 5.74) is 5.14. The number of carboxylic acid groups (broad SMARTS) is 1. The predicted molar refractivity (Wildman–Crippen MR) is 201 cm³/mol. The summed E-state index contributed by atoms with van der Waals surface area (Å²) < 4.78 is 54.7. The van der Waals surface area contributed by atoms with Crippen molar-refractivity contribution in [1.82, 2.24) is 20.5 Å². The highest BCUT2D eigenvalue weighted by Gasteiger charge is 2.36. The van der Waals surface area contributed by atoms with E-state index in [1.807, 2.05) is 48.5 Å². The Labute approximate surface area is 317 Å². The molecule has 4 aromatic rings. The molecular formula is C40H43ClF3N5O5. The number of alkyl halides is 3. The number of rotatable bonds is 15. The summed E-state index contributed by atoms with van der Waals surface area (Å²) in [5.74, 6) is -0.182. The van der Waals surface area contributed by atoms with Crippen LogP contribution in [0.2, 0.25) is 5.02 Å². The van der Waals surface area contributed by atoms with Crippen LogP contribution in [-0.2, 0) is 35.3 Å². The average molecular weight is 766 g/mol. The number of fused-ring (bicyclic) bond motifs is 1. The topological polar surface area (TPSA) is 125 Å². The van der Waals surface area contributed by atoms with E-state index in [0.717, 1.165) is 40.3 Å². The highest BCUT2D eigenvalue weighted by Crippen LogP contribution is 2.46. The molecule has 1 aliphatic carbocycles. The number of aromatic nitrogens is 1. The summed E-state index contributed by atoms with van der Waals surface area (Å²) in [7, 11) is 4.62. The number of carbonyl (C=O) groups excluding carboxylic acids is 1. The maximum atomic E-state index is 14.5. The Hall–Kier alpha value is -4.85. The van der Waals surface area contributed by atoms with Gasteiger partial charge in [-0.15, -0.1) is 0 Å². The van der Waals surface area contributed by atoms with Crippen molar-refractivity contribution in [3.63, 3.8) is 0 Å². The quantitative estimate of drug-likeness (QED) is 0.0976. The Bertz CT molecular complexity index is 2030. The number of methoxy groups -OCH3 is 2. The molecule has 1 saturated heterocycles. The van der Waals surface area contributed by atoms with Gasteiger partial charge in [-0.2, -0.15) is 13.2 Å². The van der Waals surface area contributed by atoms with E-state index < -0.39 is 23.8 Å². The number of halogens is 4. The first-order chi connectivity index (χ1) is 25.9. The number of amides is 1. The maximum Gasteiger partial charge on any atom is 0.418 e. The van der Waals surface area contributed by atoms with Crippen LogP contribution in [-0.4, -0.2) is 67.3 Å². The van der Waals surface area contributed by atoms with Crippen molar-refractivity contribution in [2.45, 2.75) is 63.5 Å². The van der Waals surface area contributed by atoms with Crippen molar-refractivity contribution in [2.75, 3.05) is 39.7 Å². The van der Waals surface area contributed by atoms with Gasteiger partial charge < -0.3 is 35.4 Å². The highest BCUT2D eigenvalue weighted by atomic mass is 35.5. The molecule has 6 rings (SSSR count). The Kier molecular flexibility index (Phi) is 12.0. The molecule has 2 heterocycles. The van der Waals surface area contributed by atoms with Crippen LogP contribution in [0.5, 0.6) is 11.6 Å². The van der Waals surface area contributed by atoms with Crippen molar-refractivity contribution < 1.29 is 37.3 Å². The molecule has 54 heavy (non-hydrogen) atoms. The first-order valence-electron chi connectivity index (χ1n) is 17.8. The third kappa shape index (κ3) is 8.75. The zero-order valence-corrected chi connectivity index (χ0v) is 31.0. The van der Waals surface area contributed by atoms with Gasteiger partial charge in [0.15, 0.2) is 0 Å². The molecule has 1 aliphatic heterocycles. The van der Waals surface area contributed by atoms with Crippen LogP contribution < -0.4 is 25.4 Å². The number of aliphatic carboxylic acids is 1. The molecule has 0 unspecified atom stereocenters. The van der Waals surface area contributed by atoms with Crippen molar-refractivity contribution in [3.8, 4) is 34.0 Å². The number of nitrogens with zero attached hydrogens (tertiary/aromatic N) is 2. The SMILES string of the molecule is COc1cc(N[C@H]2CCc3c(-c4cccc(-c5ccc(CNC[C@@H]6CCC(=O)N6)c(OC)n5)c4Cl)cccc32)c(C(F)(F)F)cc1CN(C)CCC(=O)O. The number of anilines is 1. The Morgan fingerprint density at radius 2 is 1.78 bits per heavy atom. The first-order valence-corrected chi connectivity index (χ1v) is 18.1. The second-order valence-electron chi connectivity index (χ2n) is 13.7. The van der Waals surface area contributed by atoms with Gasteiger partial charge in [-0.05, 0) is 55.1 Å². The molecule has 4 N–H and O–H groups in total. The summed E-state index contributed by atoms with van der Waals surface area (Å²) in [4.78, 5) is 29.0. The van der Waals surface area contributed by atoms with E-state index in [9.17, 15) is 22.8 Å². The molecule has 0 spiro atoms. The zero-order chi connectivity index (χ0) is 38.6. The van der Waals surface area contributed by atoms with Gasteiger partial charge in [0.1, 0.15) is 5.75 Å². The molecule has 2 aliphatic rings. The minimum atomic E-state index is -4.65. The van der Waals surface area contributed by atoms with Gasteiger partial charge in [0.05, 0.1) is 48.6 Å². The smallest absolute Gasteiger partial charge is 0.418 e. The summed E-state index contributed by atoms with van der Waals surface area (Å²) in [6.07, 6.45) is -2.26. The van der Waals surface area contributed by atoms with Crippen molar-refractivity contribution in [2.24, 2.45) is 0 Å². The van der Waals surface area contributed by atoms with E-state index in [2.05, 4.69) is 16.0 Å². The second kappa shape index (κ2) is 16.7. The molecule has 286 valence electrons. The van der Waals surface area contributed by atoms with E-state index in [0.29, 0.717) is 60.1 Å². The van der Waals surface area contributed by atoms with E-state index >= 15 is 0 Å². The van der Waals surface area contributed by atoms with Gasteiger partial charge >= 0.3 is 12.1 Å². The number of hydrogen-bond donors (Lipinski definition) is 4. The predicted octanol–water partition coefficient (Wildman–Crippen LogP) is 7.48. The fourth-order valence-corrected chi connectivity index (χ4v) is 7.60. The summed E-state index contributed by atoms with van der Waals surface area (Å²) >= 11 is 7.12. The zero-order valence-electron chi connectivity index (χ0n) is 30.3. The Morgan fingerprint density at radius 3 is 2.48 bits per heavy atom. The minimum absolute atomic E-state index is 0.0707. The summed E-state index contributed by atoms with van der Waals surface area (Å²) in [6.45, 7) is 1.41. The van der Waals surface area contributed by atoms with Crippen molar-refractivity contribution >= 4 is 29.2 Å². The lowest BCUT2D eigenvalue weighted by atomic mass is 9.94. The lowest BCUT2D eigenvalue weighted by molar-refractivity contribution is -0.138. The molecule has 1 amide bonds. The summed E-state index contributed by atoms with van der Waals surface area (Å²) in [5, 5.41) is 19.0. The molecule has 10 nitrogen and oxygen atoms in total. The minimum Gasteiger partial charge on any atom is -0.496 e. The van der Waals surface area contributed by atoms with E-state index in [-0.39, 0.29) is 42.9 Å².